The van der Waals surface area contributed by atoms with Gasteiger partial charge in [0.1, 0.15) is 0 Å². The fraction of sp³-hybridized carbons (Fsp3) is 0.407. The number of pyridine rings is 2. The molecule has 33 heavy (non-hydrogen) atoms. The maximum absolute atomic E-state index is 13.3. The molecule has 2 aromatic heterocycles. The van der Waals surface area contributed by atoms with Gasteiger partial charge in [0.25, 0.3) is 5.91 Å². The van der Waals surface area contributed by atoms with Crippen molar-refractivity contribution in [1.29, 1.82) is 0 Å². The average Bonchev–Trinajstić information content (AvgIpc) is 2.89. The van der Waals surface area contributed by atoms with E-state index in [0.29, 0.717) is 11.5 Å². The number of hydrogen-bond acceptors (Lipinski definition) is 4. The van der Waals surface area contributed by atoms with Gasteiger partial charge in [-0.2, -0.15) is 0 Å². The molecule has 3 aromatic rings. The van der Waals surface area contributed by atoms with Crippen molar-refractivity contribution in [2.75, 3.05) is 13.1 Å². The highest BCUT2D eigenvalue weighted by Gasteiger charge is 2.30. The summed E-state index contributed by atoms with van der Waals surface area (Å²) in [6.07, 6.45) is 10.7. The molecule has 2 amide bonds. The number of aromatic nitrogens is 2. The Hall–Kier alpha value is -3.28. The van der Waals surface area contributed by atoms with Crippen LogP contribution in [0.3, 0.4) is 0 Å². The molecule has 0 radical (unpaired) electrons. The van der Waals surface area contributed by atoms with Gasteiger partial charge >= 0.3 is 0 Å². The van der Waals surface area contributed by atoms with Crippen molar-refractivity contribution < 1.29 is 9.59 Å². The number of para-hydroxylation sites is 1. The van der Waals surface area contributed by atoms with Gasteiger partial charge in [0, 0.05) is 48.4 Å². The Morgan fingerprint density at radius 3 is 2.39 bits per heavy atom. The van der Waals surface area contributed by atoms with Crippen LogP contribution in [0.2, 0.25) is 0 Å². The third kappa shape index (κ3) is 4.75. The predicted molar refractivity (Wildman–Crippen MR) is 129 cm³/mol. The minimum Gasteiger partial charge on any atom is -0.349 e. The molecule has 0 atom stereocenters. The quantitative estimate of drug-likeness (QED) is 0.641. The number of nitrogens with zero attached hydrogens (tertiary/aromatic N) is 3. The largest absolute Gasteiger partial charge is 0.349 e. The number of hydrogen-bond donors (Lipinski definition) is 1. The molecular weight excluding hydrogens is 412 g/mol. The second-order valence-electron chi connectivity index (χ2n) is 9.22. The van der Waals surface area contributed by atoms with Crippen LogP contribution in [-0.2, 0) is 4.79 Å². The second kappa shape index (κ2) is 9.69. The molecule has 0 unspecified atom stereocenters. The van der Waals surface area contributed by atoms with Gasteiger partial charge in [-0.1, -0.05) is 37.5 Å². The molecule has 1 saturated heterocycles. The normalized spacial score (nSPS) is 17.8. The van der Waals surface area contributed by atoms with Crippen LogP contribution >= 0.6 is 0 Å². The molecule has 3 heterocycles. The third-order valence-electron chi connectivity index (χ3n) is 7.03. The van der Waals surface area contributed by atoms with Crippen LogP contribution in [0.5, 0.6) is 0 Å². The lowest BCUT2D eigenvalue weighted by molar-refractivity contribution is -0.137. The number of carbonyl (C=O) groups excluding carboxylic acids is 2. The Balaban J connectivity index is 1.29. The van der Waals surface area contributed by atoms with Gasteiger partial charge in [-0.05, 0) is 49.9 Å². The van der Waals surface area contributed by atoms with Crippen LogP contribution in [0.1, 0.15) is 55.3 Å². The van der Waals surface area contributed by atoms with E-state index < -0.39 is 0 Å². The van der Waals surface area contributed by atoms with Gasteiger partial charge in [0.05, 0.1) is 16.8 Å². The first-order valence-electron chi connectivity index (χ1n) is 12.1. The zero-order valence-corrected chi connectivity index (χ0v) is 18.9. The smallest absolute Gasteiger partial charge is 0.252 e. The highest BCUT2D eigenvalue weighted by Crippen LogP contribution is 2.27. The lowest BCUT2D eigenvalue weighted by Crippen LogP contribution is -2.48. The lowest BCUT2D eigenvalue weighted by atomic mass is 9.87. The Labute approximate surface area is 194 Å². The average molecular weight is 443 g/mol. The molecule has 0 spiro atoms. The van der Waals surface area contributed by atoms with Crippen LogP contribution in [0.25, 0.3) is 22.2 Å². The fourth-order valence-electron chi connectivity index (χ4n) is 5.15. The molecule has 1 aliphatic carbocycles. The minimum absolute atomic E-state index is 0.0733. The second-order valence-corrected chi connectivity index (χ2v) is 9.22. The number of nitrogens with one attached hydrogen (secondary N) is 1. The molecule has 1 aliphatic heterocycles. The van der Waals surface area contributed by atoms with Crippen LogP contribution in [0.15, 0.2) is 54.9 Å². The first-order valence-corrected chi connectivity index (χ1v) is 12.1. The summed E-state index contributed by atoms with van der Waals surface area (Å²) in [7, 11) is 0. The minimum atomic E-state index is -0.0824. The summed E-state index contributed by atoms with van der Waals surface area (Å²) in [5, 5.41) is 4.07. The van der Waals surface area contributed by atoms with E-state index in [1.807, 2.05) is 47.4 Å². The molecule has 6 heteroatoms. The van der Waals surface area contributed by atoms with Gasteiger partial charge in [-0.25, -0.2) is 4.98 Å². The number of piperidine rings is 1. The summed E-state index contributed by atoms with van der Waals surface area (Å²) in [6, 6.07) is 13.5. The molecule has 170 valence electrons. The van der Waals surface area contributed by atoms with E-state index in [9.17, 15) is 9.59 Å². The first kappa shape index (κ1) is 21.6. The number of likely N-dealkylation sites (tertiary alicyclic amines) is 1. The summed E-state index contributed by atoms with van der Waals surface area (Å²) in [4.78, 5) is 37.0. The van der Waals surface area contributed by atoms with Crippen molar-refractivity contribution in [2.45, 2.75) is 51.0 Å². The standard InChI is InChI=1S/C27H30N4O2/c32-26(29-21-12-16-31(17-13-21)27(33)20-6-2-1-3-7-20)23-18-25(19-10-14-28-15-11-19)30-24-9-5-4-8-22(23)24/h4-5,8-11,14-15,18,20-21H,1-3,6-7,12-13,16-17H2,(H,29,32). The van der Waals surface area contributed by atoms with Crippen molar-refractivity contribution in [2.24, 2.45) is 5.92 Å². The van der Waals surface area contributed by atoms with E-state index >= 15 is 0 Å². The molecule has 5 rings (SSSR count). The number of amides is 2. The van der Waals surface area contributed by atoms with Crippen LogP contribution in [-0.4, -0.2) is 45.8 Å². The van der Waals surface area contributed by atoms with E-state index in [1.54, 1.807) is 12.4 Å². The van der Waals surface area contributed by atoms with Gasteiger partial charge in [-0.15, -0.1) is 0 Å². The molecule has 1 saturated carbocycles. The molecule has 6 nitrogen and oxygen atoms in total. The van der Waals surface area contributed by atoms with Crippen molar-refractivity contribution in [3.05, 3.63) is 60.4 Å². The van der Waals surface area contributed by atoms with E-state index in [2.05, 4.69) is 10.3 Å². The molecule has 0 bridgehead atoms. The Morgan fingerprint density at radius 2 is 1.64 bits per heavy atom. The number of fused-ring (bicyclic) bond motifs is 1. The fourth-order valence-corrected chi connectivity index (χ4v) is 5.15. The molecule has 2 aliphatic rings. The summed E-state index contributed by atoms with van der Waals surface area (Å²) < 4.78 is 0. The van der Waals surface area contributed by atoms with Gasteiger partial charge in [-0.3, -0.25) is 14.6 Å². The number of benzene rings is 1. The van der Waals surface area contributed by atoms with E-state index in [0.717, 1.165) is 60.9 Å². The summed E-state index contributed by atoms with van der Waals surface area (Å²) in [5.74, 6) is 0.447. The van der Waals surface area contributed by atoms with Crippen LogP contribution in [0.4, 0.5) is 0 Å². The highest BCUT2D eigenvalue weighted by molar-refractivity contribution is 6.07. The Bertz CT molecular complexity index is 1130. The first-order chi connectivity index (χ1) is 16.2. The monoisotopic (exact) mass is 442 g/mol. The van der Waals surface area contributed by atoms with Gasteiger partial charge < -0.3 is 10.2 Å². The Kier molecular flexibility index (Phi) is 6.33. The zero-order valence-electron chi connectivity index (χ0n) is 18.9. The third-order valence-corrected chi connectivity index (χ3v) is 7.03. The predicted octanol–water partition coefficient (Wildman–Crippen LogP) is 4.60. The van der Waals surface area contributed by atoms with Crippen molar-refractivity contribution in [3.8, 4) is 11.3 Å². The lowest BCUT2D eigenvalue weighted by Gasteiger charge is -2.35. The van der Waals surface area contributed by atoms with Gasteiger partial charge in [0.2, 0.25) is 5.91 Å². The summed E-state index contributed by atoms with van der Waals surface area (Å²) in [6.45, 7) is 1.44. The van der Waals surface area contributed by atoms with Crippen LogP contribution < -0.4 is 5.32 Å². The van der Waals surface area contributed by atoms with E-state index in [4.69, 9.17) is 4.98 Å². The topological polar surface area (TPSA) is 75.2 Å². The molecule has 1 N–H and O–H groups in total. The molecular formula is C27H30N4O2. The van der Waals surface area contributed by atoms with Crippen molar-refractivity contribution in [3.63, 3.8) is 0 Å². The van der Waals surface area contributed by atoms with Gasteiger partial charge in [0.15, 0.2) is 0 Å². The molecule has 2 fully saturated rings. The van der Waals surface area contributed by atoms with E-state index in [-0.39, 0.29) is 17.9 Å². The molecule has 1 aromatic carbocycles. The zero-order chi connectivity index (χ0) is 22.6. The number of carbonyl (C=O) groups is 2. The van der Waals surface area contributed by atoms with E-state index in [1.165, 1.54) is 19.3 Å². The maximum Gasteiger partial charge on any atom is 0.252 e. The van der Waals surface area contributed by atoms with Crippen LogP contribution in [0, 0.1) is 5.92 Å². The van der Waals surface area contributed by atoms with Crippen molar-refractivity contribution >= 4 is 22.7 Å². The summed E-state index contributed by atoms with van der Waals surface area (Å²) in [5.41, 5.74) is 3.12. The SMILES string of the molecule is O=C(NC1CCN(C(=O)C2CCCCC2)CC1)c1cc(-c2ccncc2)nc2ccccc12. The summed E-state index contributed by atoms with van der Waals surface area (Å²) >= 11 is 0. The van der Waals surface area contributed by atoms with Crippen molar-refractivity contribution in [1.82, 2.24) is 20.2 Å². The number of rotatable bonds is 4. The maximum atomic E-state index is 13.3. The highest BCUT2D eigenvalue weighted by atomic mass is 16.2. The Morgan fingerprint density at radius 1 is 0.909 bits per heavy atom.